The van der Waals surface area contributed by atoms with Crippen LogP contribution in [0.3, 0.4) is 0 Å². The Balaban J connectivity index is 1.47. The molecule has 1 radical (unpaired) electrons. The van der Waals surface area contributed by atoms with Crippen LogP contribution in [0.25, 0.3) is 21.9 Å². The van der Waals surface area contributed by atoms with Crippen molar-refractivity contribution >= 4 is 54.0 Å². The van der Waals surface area contributed by atoms with Gasteiger partial charge >= 0.3 is 202 Å². The van der Waals surface area contributed by atoms with Crippen LogP contribution in [0, 0.1) is 0 Å². The summed E-state index contributed by atoms with van der Waals surface area (Å²) in [5.74, 6) is -0.405. The first-order valence-electron chi connectivity index (χ1n) is 10.5. The Bertz CT molecular complexity index is 1390. The van der Waals surface area contributed by atoms with Gasteiger partial charge in [0.2, 0.25) is 0 Å². The molecular formula is C26H22AsO7. The number of carbonyl (C=O) groups excluding carboxylic acids is 2. The number of carboxylic acids is 1. The van der Waals surface area contributed by atoms with Crippen LogP contribution in [0.4, 0.5) is 0 Å². The molecule has 3 aromatic carbocycles. The number of Topliss-reactive ketones (excluding diaryl/α,β-unsaturated/α-hetero) is 1. The van der Waals surface area contributed by atoms with Crippen LogP contribution in [0.1, 0.15) is 22.3 Å². The van der Waals surface area contributed by atoms with E-state index < -0.39 is 26.4 Å². The molecule has 4 rings (SSSR count). The number of para-hydroxylation sites is 1. The molecule has 0 aliphatic carbocycles. The maximum absolute atomic E-state index is 12.9. The van der Waals surface area contributed by atoms with Crippen molar-refractivity contribution in [3.63, 3.8) is 0 Å². The number of hydrogen-bond donors (Lipinski definition) is 1. The van der Waals surface area contributed by atoms with E-state index >= 15 is 0 Å². The SMILES string of the molecule is COc1ccc(CC(=O)[As]C(CC(=O)c2ccc3oc4ccccc4c3c2)C(=O)O)cc1OC. The summed E-state index contributed by atoms with van der Waals surface area (Å²) in [5, 5.41) is 11.4. The molecule has 1 N–H and O–H groups in total. The van der Waals surface area contributed by atoms with E-state index in [1.54, 1.807) is 36.4 Å². The Morgan fingerprint density at radius 2 is 1.65 bits per heavy atom. The van der Waals surface area contributed by atoms with Gasteiger partial charge in [0.15, 0.2) is 0 Å². The number of methoxy groups -OCH3 is 2. The van der Waals surface area contributed by atoms with Crippen LogP contribution in [0.5, 0.6) is 11.5 Å². The Labute approximate surface area is 202 Å². The molecule has 7 nitrogen and oxygen atoms in total. The molecule has 0 aliphatic rings. The van der Waals surface area contributed by atoms with Crippen molar-refractivity contribution in [3.8, 4) is 11.5 Å². The number of carbonyl (C=O) groups is 3. The zero-order valence-corrected chi connectivity index (χ0v) is 20.5. The Morgan fingerprint density at radius 3 is 2.38 bits per heavy atom. The first-order valence-corrected chi connectivity index (χ1v) is 12.5. The fourth-order valence-electron chi connectivity index (χ4n) is 3.77. The van der Waals surface area contributed by atoms with E-state index in [0.29, 0.717) is 28.2 Å². The van der Waals surface area contributed by atoms with E-state index in [9.17, 15) is 19.5 Å². The number of carboxylic acid groups (broad SMARTS) is 1. The van der Waals surface area contributed by atoms with Gasteiger partial charge in [0.1, 0.15) is 0 Å². The molecular weight excluding hydrogens is 499 g/mol. The summed E-state index contributed by atoms with van der Waals surface area (Å²) in [7, 11) is 3.03. The molecule has 0 bridgehead atoms. The number of ether oxygens (including phenoxy) is 2. The zero-order valence-electron chi connectivity index (χ0n) is 18.6. The third-order valence-corrected chi connectivity index (χ3v) is 7.90. The van der Waals surface area contributed by atoms with E-state index in [4.69, 9.17) is 13.9 Å². The number of rotatable bonds is 10. The van der Waals surface area contributed by atoms with Crippen molar-refractivity contribution in [1.29, 1.82) is 0 Å². The van der Waals surface area contributed by atoms with Crippen LogP contribution in [-0.4, -0.2) is 51.4 Å². The summed E-state index contributed by atoms with van der Waals surface area (Å²) in [6, 6.07) is 17.7. The molecule has 1 aromatic heterocycles. The molecule has 1 heterocycles. The molecule has 1 unspecified atom stereocenters. The third kappa shape index (κ3) is 5.00. The molecule has 0 aliphatic heterocycles. The van der Waals surface area contributed by atoms with E-state index in [2.05, 4.69) is 0 Å². The average Bonchev–Trinajstić information content (AvgIpc) is 3.21. The second-order valence-electron chi connectivity index (χ2n) is 7.68. The Hall–Kier alpha value is -3.57. The molecule has 34 heavy (non-hydrogen) atoms. The van der Waals surface area contributed by atoms with Crippen molar-refractivity contribution in [2.45, 2.75) is 17.5 Å². The summed E-state index contributed by atoms with van der Waals surface area (Å²) in [6.07, 6.45) is -0.153. The Morgan fingerprint density at radius 1 is 0.912 bits per heavy atom. The first kappa shape index (κ1) is 23.6. The predicted molar refractivity (Wildman–Crippen MR) is 128 cm³/mol. The van der Waals surface area contributed by atoms with Gasteiger partial charge in [-0.25, -0.2) is 0 Å². The van der Waals surface area contributed by atoms with E-state index in [1.165, 1.54) is 14.2 Å². The van der Waals surface area contributed by atoms with Gasteiger partial charge in [0.25, 0.3) is 0 Å². The summed E-state index contributed by atoms with van der Waals surface area (Å²) in [6.45, 7) is 0. The number of furan rings is 1. The van der Waals surface area contributed by atoms with E-state index in [0.717, 1.165) is 16.4 Å². The van der Waals surface area contributed by atoms with Crippen molar-refractivity contribution in [3.05, 3.63) is 71.8 Å². The summed E-state index contributed by atoms with van der Waals surface area (Å²) in [4.78, 5) is 37.5. The quantitative estimate of drug-likeness (QED) is 0.242. The molecule has 0 spiro atoms. The minimum absolute atomic E-state index is 0.0747. The van der Waals surface area contributed by atoms with Gasteiger partial charge in [-0.3, -0.25) is 0 Å². The minimum atomic E-state index is -1.25. The molecule has 0 amide bonds. The fraction of sp³-hybridized carbons (Fsp3) is 0.192. The topological polar surface area (TPSA) is 103 Å². The second kappa shape index (κ2) is 10.1. The second-order valence-corrected chi connectivity index (χ2v) is 10.6. The predicted octanol–water partition coefficient (Wildman–Crippen LogP) is 4.52. The van der Waals surface area contributed by atoms with E-state index in [1.807, 2.05) is 24.3 Å². The summed E-state index contributed by atoms with van der Waals surface area (Å²) >= 11 is -1.25. The first-order chi connectivity index (χ1) is 16.4. The standard InChI is InChI=1S/C26H22AsO7/c1-32-23-9-7-15(11-24(23)33-2)12-25(29)27-19(26(30)31)14-20(28)16-8-10-22-18(13-16)17-5-3-4-6-21(17)34-22/h3-11,13,19H,12,14H2,1-2H3,(H,30,31). The van der Waals surface area contributed by atoms with Gasteiger partial charge in [0, 0.05) is 0 Å². The molecule has 0 saturated carbocycles. The van der Waals surface area contributed by atoms with Gasteiger partial charge in [-0.2, -0.15) is 0 Å². The number of benzene rings is 3. The number of ketones is 1. The van der Waals surface area contributed by atoms with E-state index in [-0.39, 0.29) is 23.2 Å². The molecule has 0 fully saturated rings. The van der Waals surface area contributed by atoms with Crippen molar-refractivity contribution < 1.29 is 33.4 Å². The van der Waals surface area contributed by atoms with Crippen LogP contribution in [0.2, 0.25) is 4.71 Å². The van der Waals surface area contributed by atoms with Crippen molar-refractivity contribution in [2.75, 3.05) is 14.2 Å². The van der Waals surface area contributed by atoms with Crippen LogP contribution in [0.15, 0.2) is 65.1 Å². The van der Waals surface area contributed by atoms with Crippen molar-refractivity contribution in [1.82, 2.24) is 0 Å². The monoisotopic (exact) mass is 521 g/mol. The molecule has 173 valence electrons. The van der Waals surface area contributed by atoms with Crippen LogP contribution >= 0.6 is 0 Å². The fourth-order valence-corrected chi connectivity index (χ4v) is 5.84. The van der Waals surface area contributed by atoms with Gasteiger partial charge in [-0.05, 0) is 0 Å². The van der Waals surface area contributed by atoms with Gasteiger partial charge in [-0.15, -0.1) is 0 Å². The maximum atomic E-state index is 12.9. The molecule has 0 saturated heterocycles. The summed E-state index contributed by atoms with van der Waals surface area (Å²) in [5.41, 5.74) is 2.48. The normalized spacial score (nSPS) is 12.3. The molecule has 1 atom stereocenters. The van der Waals surface area contributed by atoms with Crippen LogP contribution in [-0.2, 0) is 16.0 Å². The average molecular weight is 521 g/mol. The molecule has 4 aromatic rings. The zero-order chi connectivity index (χ0) is 24.2. The van der Waals surface area contributed by atoms with Gasteiger partial charge in [-0.1, -0.05) is 0 Å². The Kier molecular flexibility index (Phi) is 7.03. The van der Waals surface area contributed by atoms with Gasteiger partial charge in [0.05, 0.1) is 0 Å². The van der Waals surface area contributed by atoms with Gasteiger partial charge < -0.3 is 0 Å². The number of hydrogen-bond acceptors (Lipinski definition) is 6. The third-order valence-electron chi connectivity index (χ3n) is 5.47. The van der Waals surface area contributed by atoms with Crippen molar-refractivity contribution in [2.24, 2.45) is 0 Å². The number of fused-ring (bicyclic) bond motifs is 3. The summed E-state index contributed by atoms with van der Waals surface area (Å²) < 4.78 is 15.0. The number of aliphatic carboxylic acids is 1. The van der Waals surface area contributed by atoms with Crippen LogP contribution < -0.4 is 9.47 Å². The molecule has 8 heteroatoms.